The zero-order valence-electron chi connectivity index (χ0n) is 11.7. The van der Waals surface area contributed by atoms with Crippen molar-refractivity contribution in [3.05, 3.63) is 23.5 Å². The summed E-state index contributed by atoms with van der Waals surface area (Å²) in [6, 6.07) is 2.33. The molecular weight excluding hydrogens is 194 g/mol. The molecule has 1 rings (SSSR count). The highest BCUT2D eigenvalue weighted by atomic mass is 14.7. The third kappa shape index (κ3) is 3.70. The van der Waals surface area contributed by atoms with Crippen molar-refractivity contribution in [1.29, 1.82) is 0 Å². The molecule has 0 aliphatic carbocycles. The van der Waals surface area contributed by atoms with Gasteiger partial charge in [0.2, 0.25) is 0 Å². The summed E-state index contributed by atoms with van der Waals surface area (Å²) in [5, 5.41) is 0. The number of rotatable bonds is 4. The fraction of sp³-hybridized carbons (Fsp3) is 0.733. The molecule has 0 fully saturated rings. The normalized spacial score (nSPS) is 14.4. The van der Waals surface area contributed by atoms with Crippen LogP contribution in [0.5, 0.6) is 0 Å². The van der Waals surface area contributed by atoms with E-state index in [1.54, 1.807) is 0 Å². The third-order valence-corrected chi connectivity index (χ3v) is 3.62. The molecule has 1 N–H and O–H groups in total. The van der Waals surface area contributed by atoms with Crippen LogP contribution >= 0.6 is 0 Å². The van der Waals surface area contributed by atoms with Crippen LogP contribution in [0, 0.1) is 11.8 Å². The van der Waals surface area contributed by atoms with Crippen molar-refractivity contribution in [1.82, 2.24) is 4.98 Å². The highest BCUT2D eigenvalue weighted by Gasteiger charge is 2.15. The van der Waals surface area contributed by atoms with E-state index in [1.165, 1.54) is 24.1 Å². The highest BCUT2D eigenvalue weighted by molar-refractivity contribution is 5.23. The van der Waals surface area contributed by atoms with Crippen molar-refractivity contribution in [2.45, 2.75) is 59.8 Å². The lowest BCUT2D eigenvalue weighted by atomic mass is 9.88. The molecule has 0 aliphatic rings. The van der Waals surface area contributed by atoms with E-state index in [0.717, 1.165) is 11.8 Å². The summed E-state index contributed by atoms with van der Waals surface area (Å²) in [5.74, 6) is 1.60. The predicted molar refractivity (Wildman–Crippen MR) is 71.8 cm³/mol. The smallest absolute Gasteiger partial charge is 0.0150 e. The van der Waals surface area contributed by atoms with Crippen LogP contribution in [0.1, 0.15) is 59.2 Å². The second kappa shape index (κ2) is 5.07. The third-order valence-electron chi connectivity index (χ3n) is 3.62. The number of hydrogen-bond donors (Lipinski definition) is 1. The van der Waals surface area contributed by atoms with Crippen LogP contribution in [0.4, 0.5) is 0 Å². The molecule has 0 saturated heterocycles. The average molecular weight is 221 g/mol. The molecule has 0 aliphatic heterocycles. The summed E-state index contributed by atoms with van der Waals surface area (Å²) in [6.45, 7) is 13.7. The Morgan fingerprint density at radius 2 is 1.81 bits per heavy atom. The Morgan fingerprint density at radius 1 is 1.19 bits per heavy atom. The Morgan fingerprint density at radius 3 is 2.25 bits per heavy atom. The van der Waals surface area contributed by atoms with Gasteiger partial charge in [-0.3, -0.25) is 0 Å². The Kier molecular flexibility index (Phi) is 4.23. The zero-order valence-corrected chi connectivity index (χ0v) is 11.7. The molecule has 1 aromatic rings. The van der Waals surface area contributed by atoms with Crippen molar-refractivity contribution in [2.24, 2.45) is 11.8 Å². The van der Waals surface area contributed by atoms with Gasteiger partial charge in [0.25, 0.3) is 0 Å². The fourth-order valence-electron chi connectivity index (χ4n) is 1.74. The van der Waals surface area contributed by atoms with Crippen LogP contribution in [-0.4, -0.2) is 4.98 Å². The molecule has 92 valence electrons. The van der Waals surface area contributed by atoms with Gasteiger partial charge < -0.3 is 4.98 Å². The Labute approximate surface area is 101 Å². The summed E-state index contributed by atoms with van der Waals surface area (Å²) >= 11 is 0. The number of aromatic amines is 1. The van der Waals surface area contributed by atoms with Crippen molar-refractivity contribution >= 4 is 0 Å². The summed E-state index contributed by atoms with van der Waals surface area (Å²) in [4.78, 5) is 3.41. The SMILES string of the molecule is CC(C)C(C)CCc1cc(C(C)(C)C)c[nH]1. The van der Waals surface area contributed by atoms with Crippen molar-refractivity contribution in [3.8, 4) is 0 Å². The second-order valence-corrected chi connectivity index (χ2v) is 6.42. The Balaban J connectivity index is 2.53. The highest BCUT2D eigenvalue weighted by Crippen LogP contribution is 2.24. The van der Waals surface area contributed by atoms with Gasteiger partial charge in [0.05, 0.1) is 0 Å². The molecule has 1 atom stereocenters. The first-order chi connectivity index (χ1) is 7.30. The second-order valence-electron chi connectivity index (χ2n) is 6.42. The van der Waals surface area contributed by atoms with Gasteiger partial charge in [0, 0.05) is 11.9 Å². The standard InChI is InChI=1S/C15H27N/c1-11(2)12(3)7-8-14-9-13(10-16-14)15(4,5)6/h9-12,16H,7-8H2,1-6H3. The molecule has 1 heteroatoms. The number of nitrogens with one attached hydrogen (secondary N) is 1. The first-order valence-corrected chi connectivity index (χ1v) is 6.48. The molecule has 0 aromatic carbocycles. The monoisotopic (exact) mass is 221 g/mol. The predicted octanol–water partition coefficient (Wildman–Crippen LogP) is 4.54. The van der Waals surface area contributed by atoms with Crippen LogP contribution in [0.25, 0.3) is 0 Å². The number of aryl methyl sites for hydroxylation is 1. The summed E-state index contributed by atoms with van der Waals surface area (Å²) in [6.07, 6.45) is 4.62. The molecular formula is C15H27N. The molecule has 0 spiro atoms. The van der Waals surface area contributed by atoms with E-state index in [2.05, 4.69) is 58.8 Å². The number of H-pyrrole nitrogens is 1. The maximum Gasteiger partial charge on any atom is 0.0150 e. The van der Waals surface area contributed by atoms with Crippen LogP contribution in [-0.2, 0) is 11.8 Å². The van der Waals surface area contributed by atoms with Gasteiger partial charge >= 0.3 is 0 Å². The minimum absolute atomic E-state index is 0.262. The first kappa shape index (κ1) is 13.3. The van der Waals surface area contributed by atoms with Crippen LogP contribution in [0.15, 0.2) is 12.3 Å². The lowest BCUT2D eigenvalue weighted by Crippen LogP contribution is -2.09. The molecule has 0 bridgehead atoms. The molecule has 0 amide bonds. The van der Waals surface area contributed by atoms with Gasteiger partial charge in [-0.2, -0.15) is 0 Å². The summed E-state index contributed by atoms with van der Waals surface area (Å²) < 4.78 is 0. The van der Waals surface area contributed by atoms with E-state index in [-0.39, 0.29) is 5.41 Å². The van der Waals surface area contributed by atoms with Crippen molar-refractivity contribution < 1.29 is 0 Å². The summed E-state index contributed by atoms with van der Waals surface area (Å²) in [5.41, 5.74) is 3.07. The lowest BCUT2D eigenvalue weighted by Gasteiger charge is -2.16. The topological polar surface area (TPSA) is 15.8 Å². The minimum atomic E-state index is 0.262. The maximum atomic E-state index is 3.41. The minimum Gasteiger partial charge on any atom is -0.365 e. The average Bonchev–Trinajstić information content (AvgIpc) is 2.61. The van der Waals surface area contributed by atoms with E-state index in [4.69, 9.17) is 0 Å². The molecule has 0 saturated carbocycles. The fourth-order valence-corrected chi connectivity index (χ4v) is 1.74. The van der Waals surface area contributed by atoms with E-state index >= 15 is 0 Å². The van der Waals surface area contributed by atoms with Crippen molar-refractivity contribution in [3.63, 3.8) is 0 Å². The van der Waals surface area contributed by atoms with E-state index in [9.17, 15) is 0 Å². The van der Waals surface area contributed by atoms with Crippen LogP contribution < -0.4 is 0 Å². The first-order valence-electron chi connectivity index (χ1n) is 6.48. The van der Waals surface area contributed by atoms with Gasteiger partial charge in [0.15, 0.2) is 0 Å². The largest absolute Gasteiger partial charge is 0.365 e. The number of hydrogen-bond acceptors (Lipinski definition) is 0. The molecule has 16 heavy (non-hydrogen) atoms. The van der Waals surface area contributed by atoms with Gasteiger partial charge in [-0.25, -0.2) is 0 Å². The Bertz CT molecular complexity index is 314. The van der Waals surface area contributed by atoms with Gasteiger partial charge in [-0.05, 0) is 41.7 Å². The van der Waals surface area contributed by atoms with Gasteiger partial charge in [-0.1, -0.05) is 41.5 Å². The van der Waals surface area contributed by atoms with Crippen molar-refractivity contribution in [2.75, 3.05) is 0 Å². The molecule has 1 unspecified atom stereocenters. The van der Waals surface area contributed by atoms with Crippen LogP contribution in [0.3, 0.4) is 0 Å². The quantitative estimate of drug-likeness (QED) is 0.768. The molecule has 1 heterocycles. The van der Waals surface area contributed by atoms with Gasteiger partial charge in [0.1, 0.15) is 0 Å². The van der Waals surface area contributed by atoms with Crippen LogP contribution in [0.2, 0.25) is 0 Å². The van der Waals surface area contributed by atoms with E-state index in [0.29, 0.717) is 0 Å². The zero-order chi connectivity index (χ0) is 12.3. The molecule has 1 aromatic heterocycles. The molecule has 1 nitrogen and oxygen atoms in total. The van der Waals surface area contributed by atoms with Gasteiger partial charge in [-0.15, -0.1) is 0 Å². The van der Waals surface area contributed by atoms with E-state index in [1.807, 2.05) is 0 Å². The summed E-state index contributed by atoms with van der Waals surface area (Å²) in [7, 11) is 0. The maximum absolute atomic E-state index is 3.41. The Hall–Kier alpha value is -0.720. The lowest BCUT2D eigenvalue weighted by molar-refractivity contribution is 0.391. The number of aromatic nitrogens is 1. The van der Waals surface area contributed by atoms with E-state index < -0.39 is 0 Å². The molecule has 0 radical (unpaired) electrons.